The predicted octanol–water partition coefficient (Wildman–Crippen LogP) is 1.42. The Kier molecular flexibility index (Phi) is 7.78. The number of carbonyl (C=O) groups is 2. The Hall–Kier alpha value is -1.85. The fourth-order valence-corrected chi connectivity index (χ4v) is 2.09. The fraction of sp³-hybridized carbons (Fsp3) is 0.412. The highest BCUT2D eigenvalue weighted by Gasteiger charge is 2.23. The van der Waals surface area contributed by atoms with Crippen molar-refractivity contribution in [2.24, 2.45) is 0 Å². The number of benzene rings is 1. The van der Waals surface area contributed by atoms with Gasteiger partial charge in [-0.25, -0.2) is 4.79 Å². The van der Waals surface area contributed by atoms with E-state index in [0.717, 1.165) is 18.2 Å². The van der Waals surface area contributed by atoms with Gasteiger partial charge >= 0.3 is 5.97 Å². The van der Waals surface area contributed by atoms with Gasteiger partial charge in [0, 0.05) is 23.7 Å². The summed E-state index contributed by atoms with van der Waals surface area (Å²) in [5.74, 6) is -0.891. The largest absolute Gasteiger partial charge is 0.450 e. The third kappa shape index (κ3) is 8.38. The number of esters is 1. The number of carbonyl (C=O) groups excluding carboxylic acids is 2. The van der Waals surface area contributed by atoms with Crippen molar-refractivity contribution < 1.29 is 19.6 Å². The van der Waals surface area contributed by atoms with Crippen molar-refractivity contribution in [2.75, 3.05) is 13.1 Å². The molecule has 0 aliphatic heterocycles. The van der Waals surface area contributed by atoms with Gasteiger partial charge in [0.25, 0.3) is 0 Å². The topological polar surface area (TPSA) is 72.0 Å². The second-order valence-electron chi connectivity index (χ2n) is 5.76. The molecule has 0 spiro atoms. The molecular weight excluding hydrogens is 316 g/mol. The molecule has 0 unspecified atom stereocenters. The summed E-state index contributed by atoms with van der Waals surface area (Å²) < 4.78 is 5.31. The summed E-state index contributed by atoms with van der Waals surface area (Å²) in [6, 6.07) is 7.20. The maximum absolute atomic E-state index is 11.7. The summed E-state index contributed by atoms with van der Waals surface area (Å²) in [4.78, 5) is 23.4. The van der Waals surface area contributed by atoms with E-state index in [2.05, 4.69) is 10.6 Å². The molecule has 0 aromatic heterocycles. The fourth-order valence-electron chi connectivity index (χ4n) is 1.88. The number of amides is 1. The minimum atomic E-state index is -0.575. The predicted molar refractivity (Wildman–Crippen MR) is 89.9 cm³/mol. The number of hydrogen-bond donors (Lipinski definition) is 2. The van der Waals surface area contributed by atoms with Crippen LogP contribution in [0.5, 0.6) is 0 Å². The first kappa shape index (κ1) is 19.2. The van der Waals surface area contributed by atoms with Gasteiger partial charge in [-0.3, -0.25) is 4.79 Å². The molecule has 1 aromatic rings. The van der Waals surface area contributed by atoms with Crippen molar-refractivity contribution >= 4 is 23.5 Å². The number of nitrogens with one attached hydrogen (secondary N) is 1. The van der Waals surface area contributed by atoms with E-state index in [-0.39, 0.29) is 5.91 Å². The maximum atomic E-state index is 11.7. The smallest absolute Gasteiger partial charge is 0.331 e. The Balaban J connectivity index is 2.40. The molecule has 3 N–H and O–H groups in total. The summed E-state index contributed by atoms with van der Waals surface area (Å²) in [7, 11) is 0. The molecule has 0 atom stereocenters. The van der Waals surface area contributed by atoms with E-state index in [9.17, 15) is 9.59 Å². The lowest BCUT2D eigenvalue weighted by Gasteiger charge is -2.22. The zero-order chi connectivity index (χ0) is 17.3. The van der Waals surface area contributed by atoms with Crippen LogP contribution in [0, 0.1) is 0 Å². The van der Waals surface area contributed by atoms with Gasteiger partial charge in [-0.15, -0.1) is 0 Å². The normalized spacial score (nSPS) is 11.5. The summed E-state index contributed by atoms with van der Waals surface area (Å²) in [6.07, 6.45) is 2.31. The maximum Gasteiger partial charge on any atom is 0.331 e. The molecule has 1 amide bonds. The number of halogens is 1. The molecule has 0 bridgehead atoms. The van der Waals surface area contributed by atoms with E-state index in [1.54, 1.807) is 12.1 Å². The third-order valence-corrected chi connectivity index (χ3v) is 3.26. The first-order chi connectivity index (χ1) is 10.8. The van der Waals surface area contributed by atoms with E-state index < -0.39 is 11.6 Å². The van der Waals surface area contributed by atoms with E-state index in [4.69, 9.17) is 16.3 Å². The van der Waals surface area contributed by atoms with Crippen molar-refractivity contribution in [3.63, 3.8) is 0 Å². The molecule has 0 aliphatic rings. The van der Waals surface area contributed by atoms with Gasteiger partial charge in [-0.2, -0.15) is 0 Å². The lowest BCUT2D eigenvalue weighted by molar-refractivity contribution is -0.662. The van der Waals surface area contributed by atoms with Crippen molar-refractivity contribution in [3.05, 3.63) is 47.0 Å². The quantitative estimate of drug-likeness (QED) is 0.556. The van der Waals surface area contributed by atoms with Crippen LogP contribution in [0.25, 0.3) is 0 Å². The lowest BCUT2D eigenvalue weighted by Crippen LogP contribution is -2.87. The van der Waals surface area contributed by atoms with Gasteiger partial charge in [0.15, 0.2) is 5.60 Å². The first-order valence-electron chi connectivity index (χ1n) is 7.57. The van der Waals surface area contributed by atoms with Crippen molar-refractivity contribution in [3.8, 4) is 0 Å². The van der Waals surface area contributed by atoms with Crippen LogP contribution in [-0.2, 0) is 20.9 Å². The molecule has 0 saturated heterocycles. The van der Waals surface area contributed by atoms with Gasteiger partial charge < -0.3 is 15.4 Å². The zero-order valence-corrected chi connectivity index (χ0v) is 14.5. The average Bonchev–Trinajstić information content (AvgIpc) is 2.48. The zero-order valence-electron chi connectivity index (χ0n) is 13.8. The van der Waals surface area contributed by atoms with Crippen LogP contribution >= 0.6 is 11.6 Å². The SMILES string of the molecule is CC[NH2+]CC(C)(C)OC(=O)/C=C/C(=O)NCc1cccc(Cl)c1. The standard InChI is InChI=1S/C17H23ClN2O3/c1-4-19-12-17(2,3)23-16(22)9-8-15(21)20-11-13-6-5-7-14(18)10-13/h5-10,19H,4,11-12H2,1-3H3,(H,20,21)/p+1/b9-8+. The van der Waals surface area contributed by atoms with Gasteiger partial charge in [-0.05, 0) is 38.5 Å². The van der Waals surface area contributed by atoms with Crippen LogP contribution in [0.1, 0.15) is 26.3 Å². The molecule has 23 heavy (non-hydrogen) atoms. The summed E-state index contributed by atoms with van der Waals surface area (Å²) in [6.45, 7) is 7.64. The molecule has 0 heterocycles. The summed E-state index contributed by atoms with van der Waals surface area (Å²) in [5, 5.41) is 5.34. The lowest BCUT2D eigenvalue weighted by atomic mass is 10.1. The van der Waals surface area contributed by atoms with E-state index in [1.807, 2.05) is 32.9 Å². The van der Waals surface area contributed by atoms with Crippen LogP contribution in [0.15, 0.2) is 36.4 Å². The molecule has 126 valence electrons. The van der Waals surface area contributed by atoms with Gasteiger partial charge in [-0.1, -0.05) is 23.7 Å². The molecule has 0 saturated carbocycles. The second kappa shape index (κ2) is 9.33. The minimum Gasteiger partial charge on any atom is -0.450 e. The molecule has 1 rings (SSSR count). The van der Waals surface area contributed by atoms with E-state index in [0.29, 0.717) is 18.1 Å². The highest BCUT2D eigenvalue weighted by molar-refractivity contribution is 6.30. The number of ether oxygens (including phenoxy) is 1. The highest BCUT2D eigenvalue weighted by atomic mass is 35.5. The Morgan fingerprint density at radius 2 is 2.09 bits per heavy atom. The molecule has 6 heteroatoms. The van der Waals surface area contributed by atoms with Crippen LogP contribution in [0.4, 0.5) is 0 Å². The molecule has 0 aliphatic carbocycles. The Morgan fingerprint density at radius 1 is 1.35 bits per heavy atom. The summed E-state index contributed by atoms with van der Waals surface area (Å²) in [5.41, 5.74) is 0.312. The minimum absolute atomic E-state index is 0.343. The van der Waals surface area contributed by atoms with Gasteiger partial charge in [0.05, 0.1) is 6.54 Å². The van der Waals surface area contributed by atoms with Crippen LogP contribution in [-0.4, -0.2) is 30.6 Å². The average molecular weight is 340 g/mol. The van der Waals surface area contributed by atoms with E-state index >= 15 is 0 Å². The molecule has 5 nitrogen and oxygen atoms in total. The number of nitrogens with two attached hydrogens (primary N) is 1. The Bertz CT molecular complexity index is 571. The number of hydrogen-bond acceptors (Lipinski definition) is 3. The number of quaternary nitrogens is 1. The van der Waals surface area contributed by atoms with Crippen LogP contribution < -0.4 is 10.6 Å². The highest BCUT2D eigenvalue weighted by Crippen LogP contribution is 2.10. The Labute approximate surface area is 142 Å². The molecule has 0 fully saturated rings. The number of likely N-dealkylation sites (N-methyl/N-ethyl adjacent to an activating group) is 1. The van der Waals surface area contributed by atoms with E-state index in [1.165, 1.54) is 6.08 Å². The van der Waals surface area contributed by atoms with Crippen molar-refractivity contribution in [2.45, 2.75) is 32.9 Å². The van der Waals surface area contributed by atoms with Gasteiger partial charge in [0.2, 0.25) is 5.91 Å². The number of rotatable bonds is 8. The Morgan fingerprint density at radius 3 is 2.74 bits per heavy atom. The van der Waals surface area contributed by atoms with Crippen molar-refractivity contribution in [1.29, 1.82) is 0 Å². The monoisotopic (exact) mass is 339 g/mol. The first-order valence-corrected chi connectivity index (χ1v) is 7.95. The molecule has 0 radical (unpaired) electrons. The molecule has 1 aromatic carbocycles. The van der Waals surface area contributed by atoms with Crippen LogP contribution in [0.3, 0.4) is 0 Å². The second-order valence-corrected chi connectivity index (χ2v) is 6.20. The van der Waals surface area contributed by atoms with Gasteiger partial charge in [0.1, 0.15) is 6.54 Å². The summed E-state index contributed by atoms with van der Waals surface area (Å²) >= 11 is 5.87. The van der Waals surface area contributed by atoms with Crippen molar-refractivity contribution in [1.82, 2.24) is 5.32 Å². The van der Waals surface area contributed by atoms with Crippen LogP contribution in [0.2, 0.25) is 5.02 Å². The third-order valence-electron chi connectivity index (χ3n) is 3.03. The molecular formula is C17H24ClN2O3+.